The molecule has 1 aliphatic rings. The van der Waals surface area contributed by atoms with E-state index in [1.54, 1.807) is 5.57 Å². The Hall–Kier alpha value is -0.260. The SMILES string of the molecule is CC(C)C1=CCC(C)(C)CC1. The van der Waals surface area contributed by atoms with Gasteiger partial charge in [0, 0.05) is 0 Å². The Bertz CT molecular complexity index is 161. The predicted molar refractivity (Wildman–Crippen MR) is 50.6 cm³/mol. The van der Waals surface area contributed by atoms with Gasteiger partial charge >= 0.3 is 0 Å². The molecular weight excluding hydrogens is 132 g/mol. The van der Waals surface area contributed by atoms with Crippen LogP contribution in [0.15, 0.2) is 11.6 Å². The van der Waals surface area contributed by atoms with Gasteiger partial charge in [-0.15, -0.1) is 0 Å². The highest BCUT2D eigenvalue weighted by atomic mass is 14.3. The number of allylic oxidation sites excluding steroid dienone is 2. The van der Waals surface area contributed by atoms with Gasteiger partial charge in [-0.2, -0.15) is 0 Å². The van der Waals surface area contributed by atoms with Gasteiger partial charge in [0.25, 0.3) is 0 Å². The Morgan fingerprint density at radius 1 is 1.36 bits per heavy atom. The summed E-state index contributed by atoms with van der Waals surface area (Å²) in [6.45, 7) is 9.32. The average Bonchev–Trinajstić information content (AvgIpc) is 1.86. The van der Waals surface area contributed by atoms with Crippen molar-refractivity contribution < 1.29 is 0 Å². The van der Waals surface area contributed by atoms with Crippen LogP contribution in [0.4, 0.5) is 0 Å². The third-order valence-corrected chi connectivity index (χ3v) is 2.75. The fraction of sp³-hybridized carbons (Fsp3) is 0.818. The topological polar surface area (TPSA) is 0 Å². The van der Waals surface area contributed by atoms with E-state index in [9.17, 15) is 0 Å². The molecule has 0 aromatic carbocycles. The Kier molecular flexibility index (Phi) is 2.41. The second-order valence-electron chi connectivity index (χ2n) is 4.80. The predicted octanol–water partition coefficient (Wildman–Crippen LogP) is 3.78. The molecule has 64 valence electrons. The molecule has 0 bridgehead atoms. The van der Waals surface area contributed by atoms with E-state index < -0.39 is 0 Å². The van der Waals surface area contributed by atoms with E-state index >= 15 is 0 Å². The maximum atomic E-state index is 2.45. The summed E-state index contributed by atoms with van der Waals surface area (Å²) in [7, 11) is 0. The van der Waals surface area contributed by atoms with Crippen LogP contribution in [0.5, 0.6) is 0 Å². The van der Waals surface area contributed by atoms with Crippen molar-refractivity contribution in [3.63, 3.8) is 0 Å². The van der Waals surface area contributed by atoms with E-state index in [1.165, 1.54) is 19.3 Å². The third kappa shape index (κ3) is 2.36. The van der Waals surface area contributed by atoms with Crippen molar-refractivity contribution in [1.82, 2.24) is 0 Å². The number of hydrogen-bond donors (Lipinski definition) is 0. The van der Waals surface area contributed by atoms with E-state index in [0.29, 0.717) is 5.41 Å². The minimum atomic E-state index is 0.568. The van der Waals surface area contributed by atoms with Crippen LogP contribution in [0.3, 0.4) is 0 Å². The number of rotatable bonds is 1. The highest BCUT2D eigenvalue weighted by Gasteiger charge is 2.21. The first-order chi connectivity index (χ1) is 5.01. The summed E-state index contributed by atoms with van der Waals surface area (Å²) in [5.41, 5.74) is 2.24. The summed E-state index contributed by atoms with van der Waals surface area (Å²) in [4.78, 5) is 0. The monoisotopic (exact) mass is 152 g/mol. The quantitative estimate of drug-likeness (QED) is 0.502. The van der Waals surface area contributed by atoms with Gasteiger partial charge in [-0.05, 0) is 30.6 Å². The maximum Gasteiger partial charge on any atom is -0.0260 e. The molecule has 0 nitrogen and oxygen atoms in total. The first kappa shape index (κ1) is 8.83. The minimum Gasteiger partial charge on any atom is -0.0845 e. The zero-order valence-electron chi connectivity index (χ0n) is 8.28. The highest BCUT2D eigenvalue weighted by molar-refractivity contribution is 5.10. The molecule has 1 rings (SSSR count). The normalized spacial score (nSPS) is 23.5. The summed E-state index contributed by atoms with van der Waals surface area (Å²) >= 11 is 0. The Morgan fingerprint density at radius 2 is 2.00 bits per heavy atom. The van der Waals surface area contributed by atoms with Gasteiger partial charge in [-0.25, -0.2) is 0 Å². The molecule has 0 radical (unpaired) electrons. The summed E-state index contributed by atoms with van der Waals surface area (Å²) in [6.07, 6.45) is 6.43. The van der Waals surface area contributed by atoms with E-state index in [2.05, 4.69) is 33.8 Å². The molecule has 0 aliphatic heterocycles. The molecule has 0 unspecified atom stereocenters. The fourth-order valence-corrected chi connectivity index (χ4v) is 1.62. The van der Waals surface area contributed by atoms with Crippen molar-refractivity contribution >= 4 is 0 Å². The zero-order valence-corrected chi connectivity index (χ0v) is 8.28. The highest BCUT2D eigenvalue weighted by Crippen LogP contribution is 2.36. The zero-order chi connectivity index (χ0) is 8.48. The lowest BCUT2D eigenvalue weighted by atomic mass is 9.76. The first-order valence-electron chi connectivity index (χ1n) is 4.70. The van der Waals surface area contributed by atoms with Crippen LogP contribution in [0, 0.1) is 11.3 Å². The molecule has 0 fully saturated rings. The molecule has 0 heteroatoms. The molecule has 0 spiro atoms. The Labute approximate surface area is 70.7 Å². The standard InChI is InChI=1S/C11H20/c1-9(2)10-5-7-11(3,4)8-6-10/h5,9H,6-8H2,1-4H3. The summed E-state index contributed by atoms with van der Waals surface area (Å²) in [5, 5.41) is 0. The average molecular weight is 152 g/mol. The van der Waals surface area contributed by atoms with Crippen molar-refractivity contribution in [2.24, 2.45) is 11.3 Å². The molecule has 0 atom stereocenters. The lowest BCUT2D eigenvalue weighted by Crippen LogP contribution is -2.15. The van der Waals surface area contributed by atoms with Gasteiger partial charge in [-0.3, -0.25) is 0 Å². The second-order valence-corrected chi connectivity index (χ2v) is 4.80. The van der Waals surface area contributed by atoms with Crippen LogP contribution in [0.2, 0.25) is 0 Å². The van der Waals surface area contributed by atoms with Crippen molar-refractivity contribution in [3.05, 3.63) is 11.6 Å². The Balaban J connectivity index is 2.58. The molecule has 0 heterocycles. The van der Waals surface area contributed by atoms with Crippen LogP contribution in [-0.2, 0) is 0 Å². The molecular formula is C11H20. The third-order valence-electron chi connectivity index (χ3n) is 2.75. The summed E-state index contributed by atoms with van der Waals surface area (Å²) < 4.78 is 0. The van der Waals surface area contributed by atoms with Crippen molar-refractivity contribution in [3.8, 4) is 0 Å². The smallest absolute Gasteiger partial charge is 0.0260 e. The molecule has 11 heavy (non-hydrogen) atoms. The van der Waals surface area contributed by atoms with Crippen molar-refractivity contribution in [2.45, 2.75) is 47.0 Å². The summed E-state index contributed by atoms with van der Waals surface area (Å²) in [5.74, 6) is 0.770. The van der Waals surface area contributed by atoms with Crippen molar-refractivity contribution in [1.29, 1.82) is 0 Å². The van der Waals surface area contributed by atoms with Crippen LogP contribution in [0.1, 0.15) is 47.0 Å². The maximum absolute atomic E-state index is 2.45. The van der Waals surface area contributed by atoms with E-state index in [4.69, 9.17) is 0 Å². The van der Waals surface area contributed by atoms with Gasteiger partial charge in [0.2, 0.25) is 0 Å². The largest absolute Gasteiger partial charge is 0.0845 e. The summed E-state index contributed by atoms with van der Waals surface area (Å²) in [6, 6.07) is 0. The molecule has 0 aromatic heterocycles. The molecule has 0 N–H and O–H groups in total. The molecule has 1 aliphatic carbocycles. The minimum absolute atomic E-state index is 0.568. The van der Waals surface area contributed by atoms with Crippen LogP contribution >= 0.6 is 0 Å². The fourth-order valence-electron chi connectivity index (χ4n) is 1.62. The van der Waals surface area contributed by atoms with E-state index in [-0.39, 0.29) is 0 Å². The van der Waals surface area contributed by atoms with Crippen LogP contribution in [0.25, 0.3) is 0 Å². The van der Waals surface area contributed by atoms with Gasteiger partial charge in [0.05, 0.1) is 0 Å². The van der Waals surface area contributed by atoms with Crippen molar-refractivity contribution in [2.75, 3.05) is 0 Å². The molecule has 0 aromatic rings. The van der Waals surface area contributed by atoms with Gasteiger partial charge < -0.3 is 0 Å². The molecule has 0 saturated carbocycles. The molecule has 0 amide bonds. The first-order valence-corrected chi connectivity index (χ1v) is 4.70. The van der Waals surface area contributed by atoms with Gasteiger partial charge in [0.15, 0.2) is 0 Å². The lowest BCUT2D eigenvalue weighted by molar-refractivity contribution is 0.317. The van der Waals surface area contributed by atoms with Gasteiger partial charge in [0.1, 0.15) is 0 Å². The van der Waals surface area contributed by atoms with E-state index in [1.807, 2.05) is 0 Å². The Morgan fingerprint density at radius 3 is 2.36 bits per heavy atom. The van der Waals surface area contributed by atoms with Crippen LogP contribution in [-0.4, -0.2) is 0 Å². The second kappa shape index (κ2) is 3.00. The van der Waals surface area contributed by atoms with E-state index in [0.717, 1.165) is 5.92 Å². The van der Waals surface area contributed by atoms with Crippen LogP contribution < -0.4 is 0 Å². The molecule has 0 saturated heterocycles. The van der Waals surface area contributed by atoms with Gasteiger partial charge in [-0.1, -0.05) is 39.3 Å². The lowest BCUT2D eigenvalue weighted by Gasteiger charge is -2.29. The number of hydrogen-bond acceptors (Lipinski definition) is 0.